The Morgan fingerprint density at radius 3 is 2.74 bits per heavy atom. The van der Waals surface area contributed by atoms with Crippen molar-refractivity contribution >= 4 is 35.4 Å². The highest BCUT2D eigenvalue weighted by Crippen LogP contribution is 2.33. The van der Waals surface area contributed by atoms with E-state index in [-0.39, 0.29) is 18.2 Å². The average molecular weight is 458 g/mol. The van der Waals surface area contributed by atoms with Crippen molar-refractivity contribution in [3.05, 3.63) is 99.8 Å². The molecule has 3 aromatic rings. The van der Waals surface area contributed by atoms with Gasteiger partial charge in [0.15, 0.2) is 0 Å². The number of hydrogen-bond donors (Lipinski definition) is 1. The number of halogens is 2. The molecule has 1 aromatic heterocycles. The molecule has 0 aliphatic heterocycles. The zero-order valence-corrected chi connectivity index (χ0v) is 18.4. The predicted octanol–water partition coefficient (Wildman–Crippen LogP) is 6.16. The Morgan fingerprint density at radius 2 is 2.03 bits per heavy atom. The molecule has 0 saturated carbocycles. The van der Waals surface area contributed by atoms with Crippen molar-refractivity contribution in [2.75, 3.05) is 6.61 Å². The van der Waals surface area contributed by atoms with Gasteiger partial charge in [-0.2, -0.15) is 0 Å². The Bertz CT molecular complexity index is 1070. The first-order chi connectivity index (χ1) is 14.9. The van der Waals surface area contributed by atoms with Gasteiger partial charge in [0, 0.05) is 29.3 Å². The van der Waals surface area contributed by atoms with Crippen LogP contribution in [0.5, 0.6) is 0 Å². The van der Waals surface area contributed by atoms with Crippen LogP contribution in [0.4, 0.5) is 4.39 Å². The molecule has 0 spiro atoms. The van der Waals surface area contributed by atoms with Crippen LogP contribution in [0.1, 0.15) is 22.4 Å². The van der Waals surface area contributed by atoms with Crippen LogP contribution < -0.4 is 0 Å². The molecule has 1 N–H and O–H groups in total. The standard InChI is InChI=1S/C24H21ClFNO3S/c1-16-5-4-7-21(25)23(16)31-15-18-13-19(26)9-8-17(18)10-12-30-22(24(28)29)14-20-6-2-3-11-27-20/h2-9,11,13-14H,10,12,15H2,1H3,(H,28,29). The minimum absolute atomic E-state index is 0.138. The number of rotatable bonds is 9. The van der Waals surface area contributed by atoms with Crippen molar-refractivity contribution in [1.82, 2.24) is 4.98 Å². The molecule has 0 saturated heterocycles. The summed E-state index contributed by atoms with van der Waals surface area (Å²) in [5.41, 5.74) is 3.26. The van der Waals surface area contributed by atoms with Gasteiger partial charge in [0.25, 0.3) is 0 Å². The molecule has 1 heterocycles. The van der Waals surface area contributed by atoms with Crippen LogP contribution in [0.2, 0.25) is 5.02 Å². The van der Waals surface area contributed by atoms with Crippen LogP contribution in [0, 0.1) is 12.7 Å². The molecule has 160 valence electrons. The highest BCUT2D eigenvalue weighted by molar-refractivity contribution is 7.98. The highest BCUT2D eigenvalue weighted by Gasteiger charge is 2.12. The largest absolute Gasteiger partial charge is 0.486 e. The number of pyridine rings is 1. The number of nitrogens with zero attached hydrogens (tertiary/aromatic N) is 1. The first kappa shape index (κ1) is 22.8. The number of hydrogen-bond acceptors (Lipinski definition) is 4. The molecule has 4 nitrogen and oxygen atoms in total. The number of benzene rings is 2. The van der Waals surface area contributed by atoms with E-state index in [1.54, 1.807) is 42.2 Å². The minimum atomic E-state index is -1.17. The summed E-state index contributed by atoms with van der Waals surface area (Å²) in [5.74, 6) is -1.15. The maximum absolute atomic E-state index is 13.9. The van der Waals surface area contributed by atoms with Crippen LogP contribution in [0.15, 0.2) is 71.4 Å². The Kier molecular flexibility index (Phi) is 8.09. The van der Waals surface area contributed by atoms with Gasteiger partial charge in [0.05, 0.1) is 17.3 Å². The summed E-state index contributed by atoms with van der Waals surface area (Å²) in [6, 6.07) is 15.5. The molecular weight excluding hydrogens is 437 g/mol. The summed E-state index contributed by atoms with van der Waals surface area (Å²) >= 11 is 7.84. The molecule has 31 heavy (non-hydrogen) atoms. The fourth-order valence-electron chi connectivity index (χ4n) is 2.95. The van der Waals surface area contributed by atoms with Crippen molar-refractivity contribution in [2.45, 2.75) is 24.0 Å². The van der Waals surface area contributed by atoms with Crippen LogP contribution in [-0.2, 0) is 21.7 Å². The summed E-state index contributed by atoms with van der Waals surface area (Å²) < 4.78 is 19.4. The SMILES string of the molecule is Cc1cccc(Cl)c1SCc1cc(F)ccc1CCOC(=Cc1ccccn1)C(=O)O. The maximum Gasteiger partial charge on any atom is 0.371 e. The molecule has 0 aliphatic carbocycles. The number of ether oxygens (including phenoxy) is 1. The van der Waals surface area contributed by atoms with Gasteiger partial charge in [-0.25, -0.2) is 9.18 Å². The number of carboxylic acids is 1. The van der Waals surface area contributed by atoms with E-state index in [9.17, 15) is 14.3 Å². The van der Waals surface area contributed by atoms with Crippen LogP contribution in [-0.4, -0.2) is 22.7 Å². The molecule has 2 aromatic carbocycles. The molecule has 0 aliphatic rings. The van der Waals surface area contributed by atoms with E-state index in [0.29, 0.717) is 22.9 Å². The van der Waals surface area contributed by atoms with Crippen molar-refractivity contribution in [2.24, 2.45) is 0 Å². The lowest BCUT2D eigenvalue weighted by Gasteiger charge is -2.13. The zero-order chi connectivity index (χ0) is 22.2. The molecular formula is C24H21ClFNO3S. The second-order valence-corrected chi connectivity index (χ2v) is 8.15. The maximum atomic E-state index is 13.9. The molecule has 0 bridgehead atoms. The third-order valence-corrected chi connectivity index (χ3v) is 6.22. The predicted molar refractivity (Wildman–Crippen MR) is 122 cm³/mol. The number of carboxylic acid groups (broad SMARTS) is 1. The lowest BCUT2D eigenvalue weighted by Crippen LogP contribution is -2.08. The van der Waals surface area contributed by atoms with Gasteiger partial charge in [-0.1, -0.05) is 35.9 Å². The molecule has 0 fully saturated rings. The van der Waals surface area contributed by atoms with Crippen molar-refractivity contribution in [1.29, 1.82) is 0 Å². The summed E-state index contributed by atoms with van der Waals surface area (Å²) in [6.45, 7) is 2.12. The van der Waals surface area contributed by atoms with Gasteiger partial charge in [0.1, 0.15) is 5.82 Å². The lowest BCUT2D eigenvalue weighted by atomic mass is 10.1. The number of aromatic nitrogens is 1. The molecule has 0 radical (unpaired) electrons. The van der Waals surface area contributed by atoms with Gasteiger partial charge in [-0.3, -0.25) is 4.98 Å². The smallest absolute Gasteiger partial charge is 0.371 e. The summed E-state index contributed by atoms with van der Waals surface area (Å²) in [7, 11) is 0. The van der Waals surface area contributed by atoms with E-state index in [4.69, 9.17) is 16.3 Å². The topological polar surface area (TPSA) is 59.4 Å². The molecule has 0 amide bonds. The summed E-state index contributed by atoms with van der Waals surface area (Å²) in [5, 5.41) is 10.1. The van der Waals surface area contributed by atoms with Gasteiger partial charge in [-0.05, 0) is 53.9 Å². The third-order valence-electron chi connectivity index (χ3n) is 4.51. The number of aliphatic carboxylic acids is 1. The Morgan fingerprint density at radius 1 is 1.19 bits per heavy atom. The van der Waals surface area contributed by atoms with Gasteiger partial charge in [-0.15, -0.1) is 11.8 Å². The van der Waals surface area contributed by atoms with Gasteiger partial charge in [0.2, 0.25) is 5.76 Å². The van der Waals surface area contributed by atoms with Crippen molar-refractivity contribution in [3.8, 4) is 0 Å². The molecule has 0 atom stereocenters. The van der Waals surface area contributed by atoms with Crippen LogP contribution in [0.25, 0.3) is 6.08 Å². The Hall–Kier alpha value is -2.83. The number of thioether (sulfide) groups is 1. The fraction of sp³-hybridized carbons (Fsp3) is 0.167. The van der Waals surface area contributed by atoms with E-state index in [0.717, 1.165) is 21.6 Å². The first-order valence-corrected chi connectivity index (χ1v) is 10.9. The number of aryl methyl sites for hydroxylation is 1. The van der Waals surface area contributed by atoms with Crippen molar-refractivity contribution < 1.29 is 19.0 Å². The van der Waals surface area contributed by atoms with E-state index in [2.05, 4.69) is 4.98 Å². The molecule has 7 heteroatoms. The monoisotopic (exact) mass is 457 g/mol. The molecule has 3 rings (SSSR count). The van der Waals surface area contributed by atoms with Gasteiger partial charge < -0.3 is 9.84 Å². The Labute approximate surface area is 189 Å². The highest BCUT2D eigenvalue weighted by atomic mass is 35.5. The summed E-state index contributed by atoms with van der Waals surface area (Å²) in [4.78, 5) is 16.5. The first-order valence-electron chi connectivity index (χ1n) is 9.58. The van der Waals surface area contributed by atoms with Crippen LogP contribution >= 0.6 is 23.4 Å². The van der Waals surface area contributed by atoms with E-state index >= 15 is 0 Å². The fourth-order valence-corrected chi connectivity index (χ4v) is 4.41. The van der Waals surface area contributed by atoms with E-state index < -0.39 is 5.97 Å². The third kappa shape index (κ3) is 6.57. The summed E-state index contributed by atoms with van der Waals surface area (Å²) in [6.07, 6.45) is 3.39. The minimum Gasteiger partial charge on any atom is -0.486 e. The average Bonchev–Trinajstić information content (AvgIpc) is 2.74. The van der Waals surface area contributed by atoms with Crippen molar-refractivity contribution in [3.63, 3.8) is 0 Å². The number of carbonyl (C=O) groups is 1. The van der Waals surface area contributed by atoms with E-state index in [1.807, 2.05) is 25.1 Å². The Balaban J connectivity index is 1.69. The normalized spacial score (nSPS) is 11.4. The quantitative estimate of drug-likeness (QED) is 0.237. The molecule has 0 unspecified atom stereocenters. The van der Waals surface area contributed by atoms with Gasteiger partial charge >= 0.3 is 5.97 Å². The van der Waals surface area contributed by atoms with Crippen LogP contribution in [0.3, 0.4) is 0 Å². The van der Waals surface area contributed by atoms with E-state index in [1.165, 1.54) is 18.2 Å². The second-order valence-electron chi connectivity index (χ2n) is 6.75. The lowest BCUT2D eigenvalue weighted by molar-refractivity contribution is -0.136. The zero-order valence-electron chi connectivity index (χ0n) is 16.8. The second kappa shape index (κ2) is 11.0.